The van der Waals surface area contributed by atoms with Crippen LogP contribution in [0.3, 0.4) is 0 Å². The van der Waals surface area contributed by atoms with Crippen molar-refractivity contribution in [3.8, 4) is 0 Å². The number of nitrogens with one attached hydrogen (secondary N) is 1. The summed E-state index contributed by atoms with van der Waals surface area (Å²) in [5.41, 5.74) is 2.50. The van der Waals surface area contributed by atoms with Crippen molar-refractivity contribution in [1.29, 1.82) is 0 Å². The van der Waals surface area contributed by atoms with Gasteiger partial charge in [0.2, 0.25) is 0 Å². The molecule has 0 saturated carbocycles. The topological polar surface area (TPSA) is 12.0 Å². The van der Waals surface area contributed by atoms with Gasteiger partial charge in [-0.3, -0.25) is 0 Å². The van der Waals surface area contributed by atoms with Crippen molar-refractivity contribution in [2.75, 3.05) is 12.8 Å². The van der Waals surface area contributed by atoms with E-state index in [1.165, 1.54) is 11.1 Å². The SMILES string of the molecule is CNC1CCSCc2c(Cl)cc(Cl)cc21. The van der Waals surface area contributed by atoms with Crippen LogP contribution in [0, 0.1) is 0 Å². The van der Waals surface area contributed by atoms with Crippen LogP contribution >= 0.6 is 35.0 Å². The maximum absolute atomic E-state index is 6.22. The van der Waals surface area contributed by atoms with Crippen molar-refractivity contribution in [1.82, 2.24) is 5.32 Å². The summed E-state index contributed by atoms with van der Waals surface area (Å²) in [4.78, 5) is 0. The Bertz CT molecular complexity index is 368. The summed E-state index contributed by atoms with van der Waals surface area (Å²) in [5.74, 6) is 2.15. The van der Waals surface area contributed by atoms with Gasteiger partial charge in [0.25, 0.3) is 0 Å². The van der Waals surface area contributed by atoms with Gasteiger partial charge >= 0.3 is 0 Å². The second-order valence-electron chi connectivity index (χ2n) is 3.64. The maximum Gasteiger partial charge on any atom is 0.0464 e. The fourth-order valence-corrected chi connectivity index (χ4v) is 3.65. The minimum absolute atomic E-state index is 0.381. The molecular weight excluding hydrogens is 249 g/mol. The number of thioether (sulfide) groups is 1. The van der Waals surface area contributed by atoms with E-state index in [-0.39, 0.29) is 0 Å². The molecule has 82 valence electrons. The van der Waals surface area contributed by atoms with Crippen molar-refractivity contribution in [3.05, 3.63) is 33.3 Å². The van der Waals surface area contributed by atoms with Crippen molar-refractivity contribution >= 4 is 35.0 Å². The smallest absolute Gasteiger partial charge is 0.0464 e. The average molecular weight is 262 g/mol. The second kappa shape index (κ2) is 4.96. The highest BCUT2D eigenvalue weighted by atomic mass is 35.5. The number of rotatable bonds is 1. The standard InChI is InChI=1S/C11H13Cl2NS/c1-14-11-2-3-15-6-9-8(11)4-7(12)5-10(9)13/h4-5,11,14H,2-3,6H2,1H3. The first kappa shape index (κ1) is 11.6. The molecule has 1 atom stereocenters. The molecule has 0 aromatic heterocycles. The summed E-state index contributed by atoms with van der Waals surface area (Å²) < 4.78 is 0. The molecule has 1 unspecified atom stereocenters. The van der Waals surface area contributed by atoms with Gasteiger partial charge in [0.15, 0.2) is 0 Å². The van der Waals surface area contributed by atoms with Crippen LogP contribution in [0.4, 0.5) is 0 Å². The number of hydrogen-bond donors (Lipinski definition) is 1. The number of halogens is 2. The molecule has 0 fully saturated rings. The number of benzene rings is 1. The van der Waals surface area contributed by atoms with Crippen LogP contribution < -0.4 is 5.32 Å². The molecule has 1 aliphatic heterocycles. The lowest BCUT2D eigenvalue weighted by atomic mass is 9.99. The van der Waals surface area contributed by atoms with Gasteiger partial charge in [-0.2, -0.15) is 11.8 Å². The molecule has 1 aromatic carbocycles. The van der Waals surface area contributed by atoms with Crippen molar-refractivity contribution in [2.24, 2.45) is 0 Å². The van der Waals surface area contributed by atoms with Crippen LogP contribution in [-0.4, -0.2) is 12.8 Å². The minimum atomic E-state index is 0.381. The predicted octanol–water partition coefficient (Wildman–Crippen LogP) is 3.89. The lowest BCUT2D eigenvalue weighted by Crippen LogP contribution is -2.17. The van der Waals surface area contributed by atoms with E-state index < -0.39 is 0 Å². The lowest BCUT2D eigenvalue weighted by molar-refractivity contribution is 0.581. The Kier molecular flexibility index (Phi) is 3.83. The Morgan fingerprint density at radius 2 is 2.20 bits per heavy atom. The van der Waals surface area contributed by atoms with Gasteiger partial charge in [0.1, 0.15) is 0 Å². The molecular formula is C11H13Cl2NS. The summed E-state index contributed by atoms with van der Waals surface area (Å²) in [6.45, 7) is 0. The second-order valence-corrected chi connectivity index (χ2v) is 5.59. The fraction of sp³-hybridized carbons (Fsp3) is 0.455. The third-order valence-electron chi connectivity index (χ3n) is 2.72. The van der Waals surface area contributed by atoms with Crippen molar-refractivity contribution < 1.29 is 0 Å². The largest absolute Gasteiger partial charge is 0.313 e. The molecule has 2 rings (SSSR count). The van der Waals surface area contributed by atoms with Crippen LogP contribution in [0.2, 0.25) is 10.0 Å². The third-order valence-corrected chi connectivity index (χ3v) is 4.29. The summed E-state index contributed by atoms with van der Waals surface area (Å²) in [7, 11) is 1.99. The molecule has 1 nitrogen and oxygen atoms in total. The highest BCUT2D eigenvalue weighted by Crippen LogP contribution is 2.36. The van der Waals surface area contributed by atoms with E-state index in [0.29, 0.717) is 6.04 Å². The molecule has 0 radical (unpaired) electrons. The lowest BCUT2D eigenvalue weighted by Gasteiger charge is -2.17. The van der Waals surface area contributed by atoms with Gasteiger partial charge in [-0.15, -0.1) is 0 Å². The normalized spacial score (nSPS) is 20.9. The Hall–Kier alpha value is 0.110. The molecule has 15 heavy (non-hydrogen) atoms. The van der Waals surface area contributed by atoms with Crippen LogP contribution in [0.5, 0.6) is 0 Å². The molecule has 0 spiro atoms. The summed E-state index contributed by atoms with van der Waals surface area (Å²) in [6, 6.07) is 4.25. The highest BCUT2D eigenvalue weighted by molar-refractivity contribution is 7.98. The molecule has 0 saturated heterocycles. The van der Waals surface area contributed by atoms with Gasteiger partial charge in [0, 0.05) is 21.8 Å². The number of hydrogen-bond acceptors (Lipinski definition) is 2. The molecule has 0 amide bonds. The monoisotopic (exact) mass is 261 g/mol. The number of fused-ring (bicyclic) bond motifs is 1. The zero-order valence-electron chi connectivity index (χ0n) is 8.52. The Labute approximate surface area is 105 Å². The van der Waals surface area contributed by atoms with Gasteiger partial charge in [0.05, 0.1) is 0 Å². The zero-order chi connectivity index (χ0) is 10.8. The van der Waals surface area contributed by atoms with E-state index in [4.69, 9.17) is 23.2 Å². The Balaban J connectivity index is 2.50. The maximum atomic E-state index is 6.22. The molecule has 1 aromatic rings. The van der Waals surface area contributed by atoms with E-state index >= 15 is 0 Å². The summed E-state index contributed by atoms with van der Waals surface area (Å²) in [6.07, 6.45) is 1.13. The first-order valence-corrected chi connectivity index (χ1v) is 6.86. The molecule has 4 heteroatoms. The van der Waals surface area contributed by atoms with E-state index in [0.717, 1.165) is 28.0 Å². The van der Waals surface area contributed by atoms with E-state index in [1.807, 2.05) is 30.9 Å². The first-order valence-electron chi connectivity index (χ1n) is 4.95. The van der Waals surface area contributed by atoms with E-state index in [9.17, 15) is 0 Å². The third kappa shape index (κ3) is 2.44. The zero-order valence-corrected chi connectivity index (χ0v) is 10.8. The van der Waals surface area contributed by atoms with Crippen LogP contribution in [-0.2, 0) is 5.75 Å². The van der Waals surface area contributed by atoms with Crippen LogP contribution in [0.1, 0.15) is 23.6 Å². The van der Waals surface area contributed by atoms with Gasteiger partial charge in [-0.05, 0) is 42.5 Å². The minimum Gasteiger partial charge on any atom is -0.313 e. The Morgan fingerprint density at radius 3 is 2.93 bits per heavy atom. The Morgan fingerprint density at radius 1 is 1.40 bits per heavy atom. The first-order chi connectivity index (χ1) is 7.22. The quantitative estimate of drug-likeness (QED) is 0.824. The van der Waals surface area contributed by atoms with Crippen molar-refractivity contribution in [3.63, 3.8) is 0 Å². The van der Waals surface area contributed by atoms with Gasteiger partial charge in [-0.1, -0.05) is 23.2 Å². The van der Waals surface area contributed by atoms with Crippen molar-refractivity contribution in [2.45, 2.75) is 18.2 Å². The molecule has 0 aliphatic carbocycles. The van der Waals surface area contributed by atoms with Gasteiger partial charge in [-0.25, -0.2) is 0 Å². The molecule has 1 heterocycles. The highest BCUT2D eigenvalue weighted by Gasteiger charge is 2.19. The van der Waals surface area contributed by atoms with Crippen LogP contribution in [0.25, 0.3) is 0 Å². The summed E-state index contributed by atoms with van der Waals surface area (Å²) >= 11 is 14.2. The van der Waals surface area contributed by atoms with E-state index in [2.05, 4.69) is 5.32 Å². The van der Waals surface area contributed by atoms with Gasteiger partial charge < -0.3 is 5.32 Å². The predicted molar refractivity (Wildman–Crippen MR) is 69.0 cm³/mol. The van der Waals surface area contributed by atoms with E-state index in [1.54, 1.807) is 0 Å². The average Bonchev–Trinajstić information content (AvgIpc) is 2.39. The molecule has 1 N–H and O–H groups in total. The fourth-order valence-electron chi connectivity index (χ4n) is 1.92. The van der Waals surface area contributed by atoms with Crippen LogP contribution in [0.15, 0.2) is 12.1 Å². The summed E-state index contributed by atoms with van der Waals surface area (Å²) in [5, 5.41) is 4.85. The molecule has 0 bridgehead atoms. The molecule has 1 aliphatic rings.